The number of carbonyl (C=O) groups excluding carboxylic acids is 1. The van der Waals surface area contributed by atoms with Crippen LogP contribution in [0.2, 0.25) is 10.0 Å². The van der Waals surface area contributed by atoms with Crippen LogP contribution in [0.15, 0.2) is 66.7 Å². The molecule has 0 spiro atoms. The number of piperidine rings is 1. The minimum Gasteiger partial charge on any atom is -0.300 e. The number of anilines is 1. The number of halogens is 2. The standard InChI is InChI=1S/C28H31Cl2N3O/c1-20-8-7-11-26(31-20)33-19-28(15-14-27(33)34,23-12-13-24(29)25(30)18-23)16-17-32(3)21(2)22-9-5-4-6-10-22/h4-13,18,21H,14-17,19H2,1-3H3/t21-,28+/m1/s1. The van der Waals surface area contributed by atoms with Crippen molar-refractivity contribution in [3.05, 3.63) is 93.6 Å². The first-order valence-corrected chi connectivity index (χ1v) is 12.5. The summed E-state index contributed by atoms with van der Waals surface area (Å²) in [5.74, 6) is 0.819. The summed E-state index contributed by atoms with van der Waals surface area (Å²) in [6.07, 6.45) is 2.11. The van der Waals surface area contributed by atoms with E-state index in [0.29, 0.717) is 28.8 Å². The van der Waals surface area contributed by atoms with Crippen molar-refractivity contribution in [3.8, 4) is 0 Å². The van der Waals surface area contributed by atoms with Gasteiger partial charge in [-0.3, -0.25) is 14.6 Å². The number of benzene rings is 2. The maximum absolute atomic E-state index is 13.0. The van der Waals surface area contributed by atoms with Gasteiger partial charge in [0.05, 0.1) is 10.0 Å². The van der Waals surface area contributed by atoms with E-state index in [1.54, 1.807) is 0 Å². The predicted octanol–water partition coefficient (Wildman–Crippen LogP) is 6.84. The fourth-order valence-electron chi connectivity index (χ4n) is 4.82. The van der Waals surface area contributed by atoms with Crippen LogP contribution in [0.25, 0.3) is 0 Å². The van der Waals surface area contributed by atoms with Crippen LogP contribution in [-0.2, 0) is 10.2 Å². The molecule has 178 valence electrons. The Balaban J connectivity index is 1.65. The molecule has 3 aromatic rings. The molecule has 4 rings (SSSR count). The molecule has 0 bridgehead atoms. The number of amides is 1. The van der Waals surface area contributed by atoms with Crippen molar-refractivity contribution in [1.29, 1.82) is 0 Å². The highest BCUT2D eigenvalue weighted by Crippen LogP contribution is 2.41. The molecule has 1 saturated heterocycles. The van der Waals surface area contributed by atoms with Gasteiger partial charge in [0.1, 0.15) is 5.82 Å². The molecule has 0 radical (unpaired) electrons. The summed E-state index contributed by atoms with van der Waals surface area (Å²) < 4.78 is 0. The molecule has 1 aliphatic rings. The van der Waals surface area contributed by atoms with Crippen molar-refractivity contribution in [2.45, 2.75) is 44.6 Å². The van der Waals surface area contributed by atoms with Crippen LogP contribution in [0.1, 0.15) is 49.0 Å². The van der Waals surface area contributed by atoms with E-state index in [1.807, 2.05) is 48.2 Å². The molecule has 2 heterocycles. The number of aryl methyl sites for hydroxylation is 1. The van der Waals surface area contributed by atoms with E-state index in [-0.39, 0.29) is 17.4 Å². The lowest BCUT2D eigenvalue weighted by atomic mass is 9.71. The lowest BCUT2D eigenvalue weighted by Crippen LogP contribution is -2.50. The van der Waals surface area contributed by atoms with Crippen LogP contribution in [-0.4, -0.2) is 35.9 Å². The van der Waals surface area contributed by atoms with Gasteiger partial charge in [-0.2, -0.15) is 0 Å². The lowest BCUT2D eigenvalue weighted by Gasteiger charge is -2.44. The zero-order valence-electron chi connectivity index (χ0n) is 20.0. The number of pyridine rings is 1. The Morgan fingerprint density at radius 2 is 1.82 bits per heavy atom. The number of hydrogen-bond acceptors (Lipinski definition) is 3. The predicted molar refractivity (Wildman–Crippen MR) is 141 cm³/mol. The normalized spacial score (nSPS) is 19.5. The Morgan fingerprint density at radius 1 is 1.06 bits per heavy atom. The highest BCUT2D eigenvalue weighted by atomic mass is 35.5. The molecular weight excluding hydrogens is 465 g/mol. The Kier molecular flexibility index (Phi) is 7.61. The fraction of sp³-hybridized carbons (Fsp3) is 0.357. The van der Waals surface area contributed by atoms with Crippen LogP contribution in [0, 0.1) is 6.92 Å². The average Bonchev–Trinajstić information content (AvgIpc) is 2.85. The zero-order valence-corrected chi connectivity index (χ0v) is 21.5. The first kappa shape index (κ1) is 24.7. The second-order valence-electron chi connectivity index (χ2n) is 9.34. The van der Waals surface area contributed by atoms with Crippen LogP contribution >= 0.6 is 23.2 Å². The molecule has 1 aromatic heterocycles. The molecular formula is C28H31Cl2N3O. The molecule has 1 aliphatic heterocycles. The Hall–Kier alpha value is -2.40. The summed E-state index contributed by atoms with van der Waals surface area (Å²) in [4.78, 5) is 21.9. The highest BCUT2D eigenvalue weighted by molar-refractivity contribution is 6.42. The third-order valence-electron chi connectivity index (χ3n) is 7.15. The van der Waals surface area contributed by atoms with E-state index in [2.05, 4.69) is 54.2 Å². The van der Waals surface area contributed by atoms with Gasteiger partial charge in [-0.05, 0) is 75.7 Å². The highest BCUT2D eigenvalue weighted by Gasteiger charge is 2.41. The molecule has 1 fully saturated rings. The molecule has 4 nitrogen and oxygen atoms in total. The molecule has 2 atom stereocenters. The van der Waals surface area contributed by atoms with Crippen molar-refractivity contribution < 1.29 is 4.79 Å². The van der Waals surface area contributed by atoms with E-state index < -0.39 is 0 Å². The third kappa shape index (κ3) is 5.30. The van der Waals surface area contributed by atoms with Gasteiger partial charge in [0.25, 0.3) is 0 Å². The first-order chi connectivity index (χ1) is 16.3. The molecule has 0 saturated carbocycles. The van der Waals surface area contributed by atoms with E-state index in [0.717, 1.165) is 30.6 Å². The van der Waals surface area contributed by atoms with Crippen molar-refractivity contribution in [2.75, 3.05) is 25.0 Å². The molecule has 1 amide bonds. The van der Waals surface area contributed by atoms with Crippen molar-refractivity contribution in [2.24, 2.45) is 0 Å². The van der Waals surface area contributed by atoms with E-state index in [4.69, 9.17) is 23.2 Å². The summed E-state index contributed by atoms with van der Waals surface area (Å²) in [6, 6.07) is 22.5. The summed E-state index contributed by atoms with van der Waals surface area (Å²) in [5.41, 5.74) is 3.05. The van der Waals surface area contributed by atoms with Crippen LogP contribution in [0.4, 0.5) is 5.82 Å². The smallest absolute Gasteiger partial charge is 0.228 e. The molecule has 2 aromatic carbocycles. The largest absolute Gasteiger partial charge is 0.300 e. The van der Waals surface area contributed by atoms with Crippen LogP contribution < -0.4 is 4.90 Å². The molecule has 0 unspecified atom stereocenters. The maximum Gasteiger partial charge on any atom is 0.228 e. The third-order valence-corrected chi connectivity index (χ3v) is 7.89. The number of carbonyl (C=O) groups is 1. The number of aromatic nitrogens is 1. The molecule has 6 heteroatoms. The minimum absolute atomic E-state index is 0.111. The Morgan fingerprint density at radius 3 is 2.53 bits per heavy atom. The summed E-state index contributed by atoms with van der Waals surface area (Å²) in [5, 5.41) is 1.08. The van der Waals surface area contributed by atoms with Gasteiger partial charge in [-0.15, -0.1) is 0 Å². The van der Waals surface area contributed by atoms with Gasteiger partial charge in [-0.25, -0.2) is 4.98 Å². The van der Waals surface area contributed by atoms with Gasteiger partial charge in [-0.1, -0.05) is 65.7 Å². The van der Waals surface area contributed by atoms with Crippen molar-refractivity contribution in [1.82, 2.24) is 9.88 Å². The maximum atomic E-state index is 13.0. The number of nitrogens with zero attached hydrogens (tertiary/aromatic N) is 3. The van der Waals surface area contributed by atoms with Gasteiger partial charge in [0, 0.05) is 30.1 Å². The molecule has 34 heavy (non-hydrogen) atoms. The molecule has 0 aliphatic carbocycles. The topological polar surface area (TPSA) is 36.4 Å². The zero-order chi connectivity index (χ0) is 24.3. The Labute approximate surface area is 212 Å². The van der Waals surface area contributed by atoms with E-state index in [1.165, 1.54) is 5.56 Å². The minimum atomic E-state index is -0.252. The van der Waals surface area contributed by atoms with E-state index in [9.17, 15) is 4.79 Å². The SMILES string of the molecule is Cc1cccc(N2C[C@](CCN(C)[C@H](C)c3ccccc3)(c3ccc(Cl)c(Cl)c3)CCC2=O)n1. The number of hydrogen-bond donors (Lipinski definition) is 0. The van der Waals surface area contributed by atoms with Crippen molar-refractivity contribution in [3.63, 3.8) is 0 Å². The monoisotopic (exact) mass is 495 g/mol. The van der Waals surface area contributed by atoms with Gasteiger partial charge in [0.15, 0.2) is 0 Å². The second-order valence-corrected chi connectivity index (χ2v) is 10.2. The summed E-state index contributed by atoms with van der Waals surface area (Å²) >= 11 is 12.7. The van der Waals surface area contributed by atoms with Crippen LogP contribution in [0.3, 0.4) is 0 Å². The Bertz CT molecular complexity index is 1150. The van der Waals surface area contributed by atoms with Crippen LogP contribution in [0.5, 0.6) is 0 Å². The second kappa shape index (κ2) is 10.5. The lowest BCUT2D eigenvalue weighted by molar-refractivity contribution is -0.120. The first-order valence-electron chi connectivity index (χ1n) is 11.7. The van der Waals surface area contributed by atoms with Crippen molar-refractivity contribution >= 4 is 34.9 Å². The van der Waals surface area contributed by atoms with Gasteiger partial charge < -0.3 is 0 Å². The fourth-order valence-corrected chi connectivity index (χ4v) is 5.12. The summed E-state index contributed by atoms with van der Waals surface area (Å²) in [7, 11) is 2.16. The van der Waals surface area contributed by atoms with Gasteiger partial charge >= 0.3 is 0 Å². The summed E-state index contributed by atoms with van der Waals surface area (Å²) in [6.45, 7) is 5.62. The van der Waals surface area contributed by atoms with E-state index >= 15 is 0 Å². The molecule has 0 N–H and O–H groups in total. The number of rotatable bonds is 7. The average molecular weight is 496 g/mol. The quantitative estimate of drug-likeness (QED) is 0.359. The van der Waals surface area contributed by atoms with Gasteiger partial charge in [0.2, 0.25) is 5.91 Å².